The molecule has 10 heteroatoms. The number of carbonyl (C=O) groups excluding carboxylic acids is 2. The van der Waals surface area contributed by atoms with Crippen molar-refractivity contribution in [3.63, 3.8) is 0 Å². The lowest BCUT2D eigenvalue weighted by Gasteiger charge is -2.27. The van der Waals surface area contributed by atoms with E-state index < -0.39 is 5.91 Å². The van der Waals surface area contributed by atoms with Gasteiger partial charge < -0.3 is 30.7 Å². The molecule has 27 heavy (non-hydrogen) atoms. The SMILES string of the molecule is COc1cc(C(=O)NCCCN2CCNCC2)cc(Cl)c1OCC(N)=O.Cl. The smallest absolute Gasteiger partial charge is 0.255 e. The van der Waals surface area contributed by atoms with E-state index in [1.807, 2.05) is 0 Å². The molecule has 8 nitrogen and oxygen atoms in total. The van der Waals surface area contributed by atoms with Crippen molar-refractivity contribution in [1.29, 1.82) is 0 Å². The number of halogens is 2. The molecule has 1 heterocycles. The minimum Gasteiger partial charge on any atom is -0.493 e. The summed E-state index contributed by atoms with van der Waals surface area (Å²) < 4.78 is 10.4. The summed E-state index contributed by atoms with van der Waals surface area (Å²) in [4.78, 5) is 25.6. The fourth-order valence-electron chi connectivity index (χ4n) is 2.68. The highest BCUT2D eigenvalue weighted by Crippen LogP contribution is 2.36. The lowest BCUT2D eigenvalue weighted by Crippen LogP contribution is -2.44. The molecule has 0 atom stereocenters. The van der Waals surface area contributed by atoms with Crippen molar-refractivity contribution < 1.29 is 19.1 Å². The van der Waals surface area contributed by atoms with Crippen LogP contribution in [0.3, 0.4) is 0 Å². The molecule has 1 aromatic carbocycles. The fraction of sp³-hybridized carbons (Fsp3) is 0.529. The van der Waals surface area contributed by atoms with E-state index in [0.29, 0.717) is 12.1 Å². The number of nitrogens with zero attached hydrogens (tertiary/aromatic N) is 1. The molecule has 0 aliphatic carbocycles. The molecule has 0 bridgehead atoms. The van der Waals surface area contributed by atoms with Crippen LogP contribution in [-0.4, -0.2) is 69.7 Å². The van der Waals surface area contributed by atoms with E-state index in [1.165, 1.54) is 19.2 Å². The maximum Gasteiger partial charge on any atom is 0.255 e. The van der Waals surface area contributed by atoms with Crippen LogP contribution in [0.1, 0.15) is 16.8 Å². The van der Waals surface area contributed by atoms with E-state index in [0.717, 1.165) is 39.1 Å². The van der Waals surface area contributed by atoms with Gasteiger partial charge in [0.25, 0.3) is 11.8 Å². The van der Waals surface area contributed by atoms with Gasteiger partial charge in [0.1, 0.15) is 0 Å². The molecule has 1 aliphatic rings. The predicted molar refractivity (Wildman–Crippen MR) is 106 cm³/mol. The van der Waals surface area contributed by atoms with E-state index in [1.54, 1.807) is 0 Å². The molecular weight excluding hydrogens is 395 g/mol. The van der Waals surface area contributed by atoms with Crippen molar-refractivity contribution in [2.75, 3.05) is 53.0 Å². The first-order valence-electron chi connectivity index (χ1n) is 8.51. The molecular formula is C17H26Cl2N4O4. The highest BCUT2D eigenvalue weighted by atomic mass is 35.5. The van der Waals surface area contributed by atoms with Crippen LogP contribution >= 0.6 is 24.0 Å². The van der Waals surface area contributed by atoms with E-state index in [2.05, 4.69) is 15.5 Å². The summed E-state index contributed by atoms with van der Waals surface area (Å²) in [5.74, 6) is -0.422. The Morgan fingerprint density at radius 3 is 2.67 bits per heavy atom. The summed E-state index contributed by atoms with van der Waals surface area (Å²) in [5, 5.41) is 6.36. The maximum absolute atomic E-state index is 12.3. The average Bonchev–Trinajstić information content (AvgIpc) is 2.64. The topological polar surface area (TPSA) is 106 Å². The molecule has 2 rings (SSSR count). The molecule has 4 N–H and O–H groups in total. The van der Waals surface area contributed by atoms with Crippen LogP contribution in [0.25, 0.3) is 0 Å². The maximum atomic E-state index is 12.3. The molecule has 0 radical (unpaired) electrons. The zero-order chi connectivity index (χ0) is 18.9. The molecule has 1 aromatic rings. The summed E-state index contributed by atoms with van der Waals surface area (Å²) in [5.41, 5.74) is 5.42. The van der Waals surface area contributed by atoms with Gasteiger partial charge in [-0.15, -0.1) is 12.4 Å². The standard InChI is InChI=1S/C17H25ClN4O4.ClH/c1-25-14-10-12(9-13(18)16(14)26-11-15(19)23)17(24)21-3-2-6-22-7-4-20-5-8-22;/h9-10,20H,2-8,11H2,1H3,(H2,19,23)(H,21,24);1H. The van der Waals surface area contributed by atoms with Gasteiger partial charge in [-0.05, 0) is 25.1 Å². The minimum atomic E-state index is -0.630. The summed E-state index contributed by atoms with van der Waals surface area (Å²) in [6.07, 6.45) is 0.871. The van der Waals surface area contributed by atoms with Gasteiger partial charge in [0, 0.05) is 38.3 Å². The Hall–Kier alpha value is -1.74. The number of amides is 2. The Morgan fingerprint density at radius 2 is 2.04 bits per heavy atom. The van der Waals surface area contributed by atoms with Gasteiger partial charge in [-0.1, -0.05) is 11.6 Å². The van der Waals surface area contributed by atoms with Gasteiger partial charge in [0.15, 0.2) is 18.1 Å². The molecule has 1 aliphatic heterocycles. The van der Waals surface area contributed by atoms with Crippen LogP contribution in [-0.2, 0) is 4.79 Å². The van der Waals surface area contributed by atoms with Gasteiger partial charge in [0.05, 0.1) is 12.1 Å². The summed E-state index contributed by atoms with van der Waals surface area (Å²) in [6, 6.07) is 3.00. The number of benzene rings is 1. The summed E-state index contributed by atoms with van der Waals surface area (Å²) in [7, 11) is 1.43. The van der Waals surface area contributed by atoms with Crippen molar-refractivity contribution >= 4 is 35.8 Å². The van der Waals surface area contributed by atoms with Crippen LogP contribution < -0.4 is 25.8 Å². The quantitative estimate of drug-likeness (QED) is 0.506. The van der Waals surface area contributed by atoms with Crippen LogP contribution in [0.4, 0.5) is 0 Å². The number of nitrogens with one attached hydrogen (secondary N) is 2. The van der Waals surface area contributed by atoms with Crippen molar-refractivity contribution in [1.82, 2.24) is 15.5 Å². The van der Waals surface area contributed by atoms with Gasteiger partial charge in [-0.3, -0.25) is 9.59 Å². The van der Waals surface area contributed by atoms with E-state index in [-0.39, 0.29) is 41.4 Å². The van der Waals surface area contributed by atoms with Gasteiger partial charge in [0.2, 0.25) is 0 Å². The Bertz CT molecular complexity index is 640. The Balaban J connectivity index is 0.00000364. The highest BCUT2D eigenvalue weighted by Gasteiger charge is 2.16. The van der Waals surface area contributed by atoms with Gasteiger partial charge >= 0.3 is 0 Å². The molecule has 152 valence electrons. The number of ether oxygens (including phenoxy) is 2. The Kier molecular flexibility index (Phi) is 10.2. The molecule has 0 saturated carbocycles. The number of hydrogen-bond acceptors (Lipinski definition) is 6. The highest BCUT2D eigenvalue weighted by molar-refractivity contribution is 6.32. The third kappa shape index (κ3) is 7.42. The van der Waals surface area contributed by atoms with Crippen molar-refractivity contribution in [2.24, 2.45) is 5.73 Å². The minimum absolute atomic E-state index is 0. The zero-order valence-electron chi connectivity index (χ0n) is 15.3. The first kappa shape index (κ1) is 23.3. The number of piperazine rings is 1. The third-order valence-electron chi connectivity index (χ3n) is 4.00. The normalized spacial score (nSPS) is 14.1. The monoisotopic (exact) mass is 420 g/mol. The van der Waals surface area contributed by atoms with Crippen molar-refractivity contribution in [2.45, 2.75) is 6.42 Å². The van der Waals surface area contributed by atoms with Crippen LogP contribution in [0.2, 0.25) is 5.02 Å². The average molecular weight is 421 g/mol. The first-order valence-corrected chi connectivity index (χ1v) is 8.89. The number of methoxy groups -OCH3 is 1. The summed E-state index contributed by atoms with van der Waals surface area (Å²) >= 11 is 6.15. The van der Waals surface area contributed by atoms with E-state index in [9.17, 15) is 9.59 Å². The Labute approximate surface area is 170 Å². The van der Waals surface area contributed by atoms with Crippen LogP contribution in [0, 0.1) is 0 Å². The number of primary amides is 1. The Morgan fingerprint density at radius 1 is 1.33 bits per heavy atom. The van der Waals surface area contributed by atoms with Gasteiger partial charge in [-0.2, -0.15) is 0 Å². The fourth-order valence-corrected chi connectivity index (χ4v) is 2.94. The second-order valence-electron chi connectivity index (χ2n) is 5.95. The lowest BCUT2D eigenvalue weighted by atomic mass is 10.2. The zero-order valence-corrected chi connectivity index (χ0v) is 16.8. The molecule has 0 spiro atoms. The van der Waals surface area contributed by atoms with Crippen LogP contribution in [0.5, 0.6) is 11.5 Å². The second kappa shape index (κ2) is 11.9. The number of hydrogen-bond donors (Lipinski definition) is 3. The number of carbonyl (C=O) groups is 2. The molecule has 1 fully saturated rings. The second-order valence-corrected chi connectivity index (χ2v) is 6.35. The molecule has 0 unspecified atom stereocenters. The molecule has 0 aromatic heterocycles. The number of nitrogens with two attached hydrogens (primary N) is 1. The summed E-state index contributed by atoms with van der Waals surface area (Å²) in [6.45, 7) is 5.28. The van der Waals surface area contributed by atoms with E-state index in [4.69, 9.17) is 26.8 Å². The largest absolute Gasteiger partial charge is 0.493 e. The predicted octanol–water partition coefficient (Wildman–Crippen LogP) is 0.660. The van der Waals surface area contributed by atoms with Crippen LogP contribution in [0.15, 0.2) is 12.1 Å². The van der Waals surface area contributed by atoms with Gasteiger partial charge in [-0.25, -0.2) is 0 Å². The van der Waals surface area contributed by atoms with Crippen molar-refractivity contribution in [3.8, 4) is 11.5 Å². The third-order valence-corrected chi connectivity index (χ3v) is 4.28. The molecule has 1 saturated heterocycles. The van der Waals surface area contributed by atoms with E-state index >= 15 is 0 Å². The number of rotatable bonds is 9. The lowest BCUT2D eigenvalue weighted by molar-refractivity contribution is -0.119. The first-order chi connectivity index (χ1) is 12.5. The van der Waals surface area contributed by atoms with Crippen molar-refractivity contribution in [3.05, 3.63) is 22.7 Å². The molecule has 2 amide bonds.